The Labute approximate surface area is 423 Å². The first kappa shape index (κ1) is 43.9. The lowest BCUT2D eigenvalue weighted by Crippen LogP contribution is -1.99. The van der Waals surface area contributed by atoms with E-state index in [2.05, 4.69) is 303 Å². The molecule has 0 atom stereocenters. The first-order valence-corrected chi connectivity index (χ1v) is 24.8. The van der Waals surface area contributed by atoms with Crippen molar-refractivity contribution in [3.63, 3.8) is 0 Å². The quantitative estimate of drug-likeness (QED) is 0.121. The standard InChI is InChI=1S/C72H50/c1-9-27-51(28-10-1)61-43-25-44-62(52-29-11-2-12-30-52)69(61)71-65(55-35-17-5-18-36-55)47-59(48-66(71)56-37-19-6-20-38-56)60-49-67(57-39-21-7-22-40-57)72(68(50-60)58-41-23-8-24-42-58)70-63(53-31-13-3-14-32-53)45-26-46-64(70)54-33-15-4-16-34-54/h1-50H. The summed E-state index contributed by atoms with van der Waals surface area (Å²) < 4.78 is 0. The maximum Gasteiger partial charge on any atom is -0.00139 e. The van der Waals surface area contributed by atoms with Gasteiger partial charge < -0.3 is 0 Å². The van der Waals surface area contributed by atoms with Crippen LogP contribution in [0.25, 0.3) is 122 Å². The summed E-state index contributed by atoms with van der Waals surface area (Å²) in [6.07, 6.45) is 0. The Morgan fingerprint density at radius 3 is 0.444 bits per heavy atom. The zero-order valence-electron chi connectivity index (χ0n) is 39.9. The van der Waals surface area contributed by atoms with Gasteiger partial charge in [-0.25, -0.2) is 0 Å². The van der Waals surface area contributed by atoms with Gasteiger partial charge in [0.25, 0.3) is 0 Å². The average molecular weight is 915 g/mol. The molecular weight excluding hydrogens is 865 g/mol. The van der Waals surface area contributed by atoms with E-state index in [-0.39, 0.29) is 0 Å². The minimum atomic E-state index is 1.13. The van der Waals surface area contributed by atoms with E-state index < -0.39 is 0 Å². The summed E-state index contributed by atoms with van der Waals surface area (Å²) in [6.45, 7) is 0. The molecule has 0 bridgehead atoms. The molecule has 0 aromatic heterocycles. The highest BCUT2D eigenvalue weighted by Crippen LogP contribution is 2.53. The Morgan fingerprint density at radius 1 is 0.111 bits per heavy atom. The SMILES string of the molecule is c1ccc(-c2cccc(-c3ccccc3)c2-c2c(-c3ccccc3)cc(-c3cc(-c4ccccc4)c(-c4c(-c5ccccc5)cccc4-c4ccccc4)c(-c4ccccc4)c3)cc2-c2ccccc2)cc1. The first-order chi connectivity index (χ1) is 35.8. The van der Waals surface area contributed by atoms with Gasteiger partial charge in [0, 0.05) is 0 Å². The zero-order chi connectivity index (χ0) is 48.1. The van der Waals surface area contributed by atoms with E-state index in [0.717, 1.165) is 33.4 Å². The Morgan fingerprint density at radius 2 is 0.264 bits per heavy atom. The molecule has 0 saturated carbocycles. The van der Waals surface area contributed by atoms with Crippen LogP contribution in [0.1, 0.15) is 0 Å². The lowest BCUT2D eigenvalue weighted by atomic mass is 9.77. The molecule has 72 heavy (non-hydrogen) atoms. The molecule has 0 heteroatoms. The van der Waals surface area contributed by atoms with Crippen molar-refractivity contribution in [1.29, 1.82) is 0 Å². The van der Waals surface area contributed by atoms with Crippen molar-refractivity contribution in [2.24, 2.45) is 0 Å². The van der Waals surface area contributed by atoms with Gasteiger partial charge in [0.05, 0.1) is 0 Å². The Bertz CT molecular complexity index is 3280. The molecule has 0 amide bonds. The van der Waals surface area contributed by atoms with Gasteiger partial charge in [-0.1, -0.05) is 279 Å². The minimum absolute atomic E-state index is 1.13. The van der Waals surface area contributed by atoms with Crippen LogP contribution in [0.4, 0.5) is 0 Å². The van der Waals surface area contributed by atoms with Gasteiger partial charge in [0.2, 0.25) is 0 Å². The fourth-order valence-corrected chi connectivity index (χ4v) is 10.6. The van der Waals surface area contributed by atoms with Gasteiger partial charge in [-0.15, -0.1) is 0 Å². The maximum absolute atomic E-state index is 2.46. The van der Waals surface area contributed by atoms with Gasteiger partial charge in [-0.05, 0) is 147 Å². The van der Waals surface area contributed by atoms with Crippen molar-refractivity contribution in [2.45, 2.75) is 0 Å². The molecule has 0 spiro atoms. The summed E-state index contributed by atoms with van der Waals surface area (Å²) in [6, 6.07) is 111. The lowest BCUT2D eigenvalue weighted by molar-refractivity contribution is 1.51. The van der Waals surface area contributed by atoms with E-state index in [1.54, 1.807) is 0 Å². The molecule has 12 aromatic rings. The van der Waals surface area contributed by atoms with Crippen LogP contribution < -0.4 is 0 Å². The Hall–Kier alpha value is -9.36. The molecule has 0 saturated heterocycles. The highest BCUT2D eigenvalue weighted by atomic mass is 14.3. The van der Waals surface area contributed by atoms with E-state index >= 15 is 0 Å². The average Bonchev–Trinajstić information content (AvgIpc) is 3.48. The second-order valence-electron chi connectivity index (χ2n) is 18.3. The summed E-state index contributed by atoms with van der Waals surface area (Å²) >= 11 is 0. The van der Waals surface area contributed by atoms with Gasteiger partial charge >= 0.3 is 0 Å². The Kier molecular flexibility index (Phi) is 12.1. The largest absolute Gasteiger partial charge is 0.0622 e. The molecule has 0 aliphatic rings. The topological polar surface area (TPSA) is 0 Å². The highest BCUT2D eigenvalue weighted by Gasteiger charge is 2.26. The molecule has 0 nitrogen and oxygen atoms in total. The molecule has 0 N–H and O–H groups in total. The van der Waals surface area contributed by atoms with Gasteiger partial charge in [-0.2, -0.15) is 0 Å². The third-order valence-electron chi connectivity index (χ3n) is 13.9. The summed E-state index contributed by atoms with van der Waals surface area (Å²) in [5.41, 5.74) is 25.8. The van der Waals surface area contributed by atoms with Crippen LogP contribution in [0.2, 0.25) is 0 Å². The monoisotopic (exact) mass is 914 g/mol. The van der Waals surface area contributed by atoms with Crippen LogP contribution in [-0.2, 0) is 0 Å². The maximum atomic E-state index is 2.46. The molecule has 0 heterocycles. The highest BCUT2D eigenvalue weighted by molar-refractivity contribution is 6.09. The van der Waals surface area contributed by atoms with Gasteiger partial charge in [0.1, 0.15) is 0 Å². The second kappa shape index (κ2) is 19.9. The molecule has 0 aliphatic carbocycles. The van der Waals surface area contributed by atoms with Crippen LogP contribution in [0.5, 0.6) is 0 Å². The van der Waals surface area contributed by atoms with Crippen molar-refractivity contribution in [1.82, 2.24) is 0 Å². The molecule has 0 fully saturated rings. The minimum Gasteiger partial charge on any atom is -0.0622 e. The van der Waals surface area contributed by atoms with E-state index in [1.165, 1.54) is 89.0 Å². The van der Waals surface area contributed by atoms with Crippen molar-refractivity contribution < 1.29 is 0 Å². The van der Waals surface area contributed by atoms with E-state index in [9.17, 15) is 0 Å². The van der Waals surface area contributed by atoms with Crippen LogP contribution >= 0.6 is 0 Å². The van der Waals surface area contributed by atoms with Crippen molar-refractivity contribution >= 4 is 0 Å². The van der Waals surface area contributed by atoms with E-state index in [1.807, 2.05) is 0 Å². The molecule has 0 unspecified atom stereocenters. The summed E-state index contributed by atoms with van der Waals surface area (Å²) in [5.74, 6) is 0. The van der Waals surface area contributed by atoms with Crippen molar-refractivity contribution in [2.75, 3.05) is 0 Å². The number of rotatable bonds is 11. The van der Waals surface area contributed by atoms with Crippen LogP contribution in [-0.4, -0.2) is 0 Å². The second-order valence-corrected chi connectivity index (χ2v) is 18.3. The third kappa shape index (κ3) is 8.57. The number of hydrogen-bond donors (Lipinski definition) is 0. The van der Waals surface area contributed by atoms with Crippen LogP contribution in [0.15, 0.2) is 303 Å². The van der Waals surface area contributed by atoms with E-state index in [0.29, 0.717) is 0 Å². The predicted octanol–water partition coefficient (Wildman–Crippen LogP) is 20.0. The smallest absolute Gasteiger partial charge is 0.00139 e. The Balaban J connectivity index is 1.22. The fourth-order valence-electron chi connectivity index (χ4n) is 10.6. The van der Waals surface area contributed by atoms with Crippen LogP contribution in [0, 0.1) is 0 Å². The summed E-state index contributed by atoms with van der Waals surface area (Å²) in [4.78, 5) is 0. The molecule has 12 aromatic carbocycles. The first-order valence-electron chi connectivity index (χ1n) is 24.8. The fraction of sp³-hybridized carbons (Fsp3) is 0. The van der Waals surface area contributed by atoms with Gasteiger partial charge in [-0.3, -0.25) is 0 Å². The molecule has 338 valence electrons. The molecule has 0 aliphatic heterocycles. The van der Waals surface area contributed by atoms with Gasteiger partial charge in [0.15, 0.2) is 0 Å². The molecule has 12 rings (SSSR count). The van der Waals surface area contributed by atoms with E-state index in [4.69, 9.17) is 0 Å². The lowest BCUT2D eigenvalue weighted by Gasteiger charge is -2.25. The van der Waals surface area contributed by atoms with Crippen LogP contribution in [0.3, 0.4) is 0 Å². The normalized spacial score (nSPS) is 11.1. The zero-order valence-corrected chi connectivity index (χ0v) is 39.9. The number of hydrogen-bond acceptors (Lipinski definition) is 0. The predicted molar refractivity (Wildman–Crippen MR) is 306 cm³/mol. The number of benzene rings is 12. The third-order valence-corrected chi connectivity index (χ3v) is 13.9. The molecular formula is C72H50. The van der Waals surface area contributed by atoms with Crippen molar-refractivity contribution in [3.05, 3.63) is 303 Å². The molecule has 0 radical (unpaired) electrons. The summed E-state index contributed by atoms with van der Waals surface area (Å²) in [7, 11) is 0. The van der Waals surface area contributed by atoms with Crippen molar-refractivity contribution in [3.8, 4) is 122 Å². The summed E-state index contributed by atoms with van der Waals surface area (Å²) in [5, 5.41) is 0.